The van der Waals surface area contributed by atoms with Crippen molar-refractivity contribution in [3.63, 3.8) is 0 Å². The lowest BCUT2D eigenvalue weighted by molar-refractivity contribution is -0.133. The topological polar surface area (TPSA) is 90.0 Å². The highest BCUT2D eigenvalue weighted by molar-refractivity contribution is 7.89. The summed E-state index contributed by atoms with van der Waals surface area (Å²) in [5, 5.41) is 2.85. The van der Waals surface area contributed by atoms with E-state index in [-0.39, 0.29) is 24.5 Å². The molecule has 1 aromatic carbocycles. The van der Waals surface area contributed by atoms with E-state index in [0.29, 0.717) is 31.1 Å². The van der Waals surface area contributed by atoms with Crippen molar-refractivity contribution in [2.45, 2.75) is 37.1 Å². The summed E-state index contributed by atoms with van der Waals surface area (Å²) >= 11 is 0. The smallest absolute Gasteiger partial charge is 0.323 e. The fourth-order valence-electron chi connectivity index (χ4n) is 3.95. The Hall–Kier alpha value is -1.97. The molecule has 8 nitrogen and oxygen atoms in total. The first-order valence-electron chi connectivity index (χ1n) is 9.65. The van der Waals surface area contributed by atoms with Gasteiger partial charge in [0.1, 0.15) is 5.54 Å². The van der Waals surface area contributed by atoms with Crippen LogP contribution in [0.3, 0.4) is 0 Å². The van der Waals surface area contributed by atoms with Crippen LogP contribution in [0.15, 0.2) is 29.2 Å². The number of nitrogens with one attached hydrogen (secondary N) is 1. The number of imide groups is 1. The Balaban J connectivity index is 1.37. The van der Waals surface area contributed by atoms with Crippen LogP contribution in [0.25, 0.3) is 0 Å². The molecule has 2 saturated heterocycles. The van der Waals surface area contributed by atoms with E-state index >= 15 is 0 Å². The van der Waals surface area contributed by atoms with E-state index in [1.807, 2.05) is 11.8 Å². The first-order chi connectivity index (χ1) is 13.2. The summed E-state index contributed by atoms with van der Waals surface area (Å²) in [5.41, 5.74) is 0.226. The molecule has 1 aromatic rings. The average Bonchev–Trinajstić information content (AvgIpc) is 3.49. The molecule has 3 aliphatic rings. The second-order valence-electron chi connectivity index (χ2n) is 8.12. The van der Waals surface area contributed by atoms with E-state index in [2.05, 4.69) is 5.32 Å². The Labute approximate surface area is 165 Å². The van der Waals surface area contributed by atoms with Gasteiger partial charge in [0.15, 0.2) is 0 Å². The number of aryl methyl sites for hydroxylation is 1. The monoisotopic (exact) mass is 406 g/mol. The van der Waals surface area contributed by atoms with Crippen LogP contribution in [0.1, 0.15) is 25.3 Å². The minimum absolute atomic E-state index is 0.172. The van der Waals surface area contributed by atoms with Gasteiger partial charge in [-0.15, -0.1) is 0 Å². The molecular weight excluding hydrogens is 380 g/mol. The first kappa shape index (κ1) is 19.4. The minimum Gasteiger partial charge on any atom is -0.323 e. The van der Waals surface area contributed by atoms with Gasteiger partial charge in [0.25, 0.3) is 5.91 Å². The Bertz CT molecular complexity index is 889. The molecule has 3 fully saturated rings. The Morgan fingerprint density at radius 3 is 2.25 bits per heavy atom. The maximum absolute atomic E-state index is 12.8. The molecule has 0 spiro atoms. The largest absolute Gasteiger partial charge is 0.326 e. The fraction of sp³-hybridized carbons (Fsp3) is 0.579. The molecule has 2 aliphatic heterocycles. The van der Waals surface area contributed by atoms with Crippen LogP contribution >= 0.6 is 0 Å². The summed E-state index contributed by atoms with van der Waals surface area (Å²) in [5.74, 6) is 0.0557. The number of hydrogen-bond acceptors (Lipinski definition) is 5. The normalized spacial score (nSPS) is 27.3. The number of sulfonamides is 1. The molecule has 0 unspecified atom stereocenters. The van der Waals surface area contributed by atoms with E-state index in [1.54, 1.807) is 31.2 Å². The van der Waals surface area contributed by atoms with Crippen molar-refractivity contribution in [1.29, 1.82) is 0 Å². The molecule has 9 heteroatoms. The predicted octanol–water partition coefficient (Wildman–Crippen LogP) is 0.979. The van der Waals surface area contributed by atoms with Gasteiger partial charge in [0, 0.05) is 26.2 Å². The van der Waals surface area contributed by atoms with Crippen LogP contribution in [0.5, 0.6) is 0 Å². The molecule has 1 N–H and O–H groups in total. The van der Waals surface area contributed by atoms with Gasteiger partial charge in [-0.2, -0.15) is 4.31 Å². The molecule has 1 aliphatic carbocycles. The third-order valence-electron chi connectivity index (χ3n) is 6.03. The van der Waals surface area contributed by atoms with E-state index in [9.17, 15) is 18.0 Å². The van der Waals surface area contributed by atoms with E-state index < -0.39 is 15.6 Å². The number of amides is 3. The zero-order valence-electron chi connectivity index (χ0n) is 16.2. The summed E-state index contributed by atoms with van der Waals surface area (Å²) in [6.45, 7) is 5.53. The van der Waals surface area contributed by atoms with Gasteiger partial charge in [-0.3, -0.25) is 9.69 Å². The molecule has 152 valence electrons. The SMILES string of the molecule is Cc1ccc(S(=O)(=O)N2CCN(CN3C(=O)N[C@@](C)(C4CC4)C3=O)CC2)cc1. The number of carbonyl (C=O) groups is 2. The van der Waals surface area contributed by atoms with Crippen molar-refractivity contribution in [3.8, 4) is 0 Å². The van der Waals surface area contributed by atoms with Gasteiger partial charge in [0.2, 0.25) is 10.0 Å². The quantitative estimate of drug-likeness (QED) is 0.737. The number of carbonyl (C=O) groups excluding carboxylic acids is 2. The first-order valence-corrected chi connectivity index (χ1v) is 11.1. The zero-order valence-corrected chi connectivity index (χ0v) is 17.0. The lowest BCUT2D eigenvalue weighted by Crippen LogP contribution is -2.53. The van der Waals surface area contributed by atoms with Gasteiger partial charge >= 0.3 is 6.03 Å². The van der Waals surface area contributed by atoms with E-state index in [4.69, 9.17) is 0 Å². The Morgan fingerprint density at radius 1 is 1.07 bits per heavy atom. The third kappa shape index (κ3) is 3.31. The highest BCUT2D eigenvalue weighted by Gasteiger charge is 2.56. The molecule has 1 atom stereocenters. The molecule has 0 aromatic heterocycles. The maximum Gasteiger partial charge on any atom is 0.326 e. The number of piperazine rings is 1. The second kappa shape index (κ2) is 6.82. The molecule has 0 radical (unpaired) electrons. The molecular formula is C19H26N4O4S. The van der Waals surface area contributed by atoms with Gasteiger partial charge in [-0.05, 0) is 44.7 Å². The Kier molecular flexibility index (Phi) is 4.71. The number of urea groups is 1. The van der Waals surface area contributed by atoms with Crippen LogP contribution in [-0.4, -0.2) is 72.8 Å². The van der Waals surface area contributed by atoms with Crippen molar-refractivity contribution in [3.05, 3.63) is 29.8 Å². The zero-order chi connectivity index (χ0) is 20.1. The summed E-state index contributed by atoms with van der Waals surface area (Å²) < 4.78 is 27.1. The standard InChI is InChI=1S/C19H26N4O4S/c1-14-3-7-16(8-4-14)28(26,27)22-11-9-21(10-12-22)13-23-17(24)19(2,15-5-6-15)20-18(23)25/h3-4,7-8,15H,5-6,9-13H2,1-2H3,(H,20,25)/t19-/m0/s1. The van der Waals surface area contributed by atoms with Gasteiger partial charge in [0.05, 0.1) is 11.6 Å². The lowest BCUT2D eigenvalue weighted by atomic mass is 9.96. The number of nitrogens with zero attached hydrogens (tertiary/aromatic N) is 3. The van der Waals surface area contributed by atoms with Crippen LogP contribution in [0.4, 0.5) is 4.79 Å². The maximum atomic E-state index is 12.8. The molecule has 3 amide bonds. The van der Waals surface area contributed by atoms with Crippen LogP contribution in [-0.2, 0) is 14.8 Å². The molecule has 0 bridgehead atoms. The van der Waals surface area contributed by atoms with E-state index in [1.165, 1.54) is 9.21 Å². The number of benzene rings is 1. The van der Waals surface area contributed by atoms with Crippen molar-refractivity contribution in [1.82, 2.24) is 19.4 Å². The summed E-state index contributed by atoms with van der Waals surface area (Å²) in [4.78, 5) is 28.6. The average molecular weight is 407 g/mol. The van der Waals surface area contributed by atoms with Crippen molar-refractivity contribution < 1.29 is 18.0 Å². The number of rotatable bonds is 5. The van der Waals surface area contributed by atoms with Gasteiger partial charge < -0.3 is 5.32 Å². The Morgan fingerprint density at radius 2 is 1.68 bits per heavy atom. The van der Waals surface area contributed by atoms with Crippen LogP contribution < -0.4 is 5.32 Å². The van der Waals surface area contributed by atoms with Crippen LogP contribution in [0.2, 0.25) is 0 Å². The van der Waals surface area contributed by atoms with Crippen molar-refractivity contribution in [2.75, 3.05) is 32.8 Å². The van der Waals surface area contributed by atoms with Crippen molar-refractivity contribution in [2.24, 2.45) is 5.92 Å². The van der Waals surface area contributed by atoms with Crippen LogP contribution in [0, 0.1) is 12.8 Å². The van der Waals surface area contributed by atoms with Gasteiger partial charge in [-0.25, -0.2) is 18.1 Å². The third-order valence-corrected chi connectivity index (χ3v) is 7.94. The predicted molar refractivity (Wildman–Crippen MR) is 103 cm³/mol. The molecule has 4 rings (SSSR count). The summed E-state index contributed by atoms with van der Waals surface area (Å²) in [6.07, 6.45) is 1.93. The van der Waals surface area contributed by atoms with Crippen molar-refractivity contribution >= 4 is 22.0 Å². The summed E-state index contributed by atoms with van der Waals surface area (Å²) in [7, 11) is -3.53. The highest BCUT2D eigenvalue weighted by Crippen LogP contribution is 2.42. The molecule has 28 heavy (non-hydrogen) atoms. The minimum atomic E-state index is -3.53. The summed E-state index contributed by atoms with van der Waals surface area (Å²) in [6, 6.07) is 6.48. The lowest BCUT2D eigenvalue weighted by Gasteiger charge is -2.35. The van der Waals surface area contributed by atoms with Gasteiger partial charge in [-0.1, -0.05) is 17.7 Å². The molecule has 2 heterocycles. The van der Waals surface area contributed by atoms with E-state index in [0.717, 1.165) is 18.4 Å². The second-order valence-corrected chi connectivity index (χ2v) is 10.1. The fourth-order valence-corrected chi connectivity index (χ4v) is 5.37. The highest BCUT2D eigenvalue weighted by atomic mass is 32.2. The molecule has 1 saturated carbocycles. The number of hydrogen-bond donors (Lipinski definition) is 1.